The molecular weight excluding hydrogens is 1100 g/mol. The molecule has 83 heavy (non-hydrogen) atoms. The highest BCUT2D eigenvalue weighted by molar-refractivity contribution is 6.32. The lowest BCUT2D eigenvalue weighted by Gasteiger charge is -2.19. The molecule has 0 atom stereocenters. The normalized spacial score (nSPS) is 10.9. The van der Waals surface area contributed by atoms with E-state index in [-0.39, 0.29) is 42.9 Å². The fraction of sp³-hybridized carbons (Fsp3) is 0.429. The first kappa shape index (κ1) is 70.0. The van der Waals surface area contributed by atoms with Gasteiger partial charge in [-0.2, -0.15) is 0 Å². The van der Waals surface area contributed by atoms with Gasteiger partial charge in [-0.3, -0.25) is 0 Å². The number of carbonyl (C=O) groups is 2. The molecule has 0 aromatic heterocycles. The van der Waals surface area contributed by atoms with Crippen LogP contribution in [0.15, 0.2) is 131 Å². The molecule has 0 unspecified atom stereocenters. The molecule has 0 aliphatic carbocycles. The van der Waals surface area contributed by atoms with Crippen LogP contribution in [0.25, 0.3) is 12.2 Å². The van der Waals surface area contributed by atoms with Crippen LogP contribution >= 0.6 is 11.6 Å². The van der Waals surface area contributed by atoms with Crippen LogP contribution in [0.1, 0.15) is 88.2 Å². The lowest BCUT2D eigenvalue weighted by atomic mass is 10.1. The molecule has 3 aromatic rings. The maximum atomic E-state index is 13.4. The van der Waals surface area contributed by atoms with Gasteiger partial charge in [0.1, 0.15) is 31.3 Å². The number of halogens is 1. The number of hydrogen-bond donors (Lipinski definition) is 0. The lowest BCUT2D eigenvalue weighted by Crippen LogP contribution is -2.09. The smallest absolute Gasteiger partial charge is 0.336 e. The second-order valence-corrected chi connectivity index (χ2v) is 17.8. The molecule has 456 valence electrons. The zero-order chi connectivity index (χ0) is 59.6. The summed E-state index contributed by atoms with van der Waals surface area (Å²) in [7, 11) is 0. The van der Waals surface area contributed by atoms with E-state index in [1.54, 1.807) is 54.6 Å². The first-order chi connectivity index (χ1) is 40.8. The fourth-order valence-electron chi connectivity index (χ4n) is 6.84. The van der Waals surface area contributed by atoms with E-state index in [0.717, 1.165) is 12.8 Å². The highest BCUT2D eigenvalue weighted by Crippen LogP contribution is 2.43. The summed E-state index contributed by atoms with van der Waals surface area (Å²) in [6, 6.07) is 11.3. The Morgan fingerprint density at radius 3 is 1.08 bits per heavy atom. The first-order valence-electron chi connectivity index (χ1n) is 27.7. The third-order valence-corrected chi connectivity index (χ3v) is 11.1. The Hall–Kier alpha value is -7.23. The SMILES string of the molecule is C=CCOOCCCCOc1ccc(/C=C/C(=O)Oc2ccc(OC(=O)/C=C/c3ccc(OCCCCOC=C)c(OCCCCOC=C)c3OCCCCOOCC=C)c(Cl)c2)c(OCCCCOC=C)c1OCCCCOOCC=C. The van der Waals surface area contributed by atoms with Gasteiger partial charge >= 0.3 is 11.9 Å². The summed E-state index contributed by atoms with van der Waals surface area (Å²) < 4.78 is 64.9. The molecule has 20 heteroatoms. The number of rotatable bonds is 54. The Labute approximate surface area is 494 Å². The van der Waals surface area contributed by atoms with Crippen LogP contribution in [-0.4, -0.2) is 111 Å². The van der Waals surface area contributed by atoms with Crippen LogP contribution in [0.2, 0.25) is 5.02 Å². The molecular formula is C63H83ClO19. The number of hydrogen-bond acceptors (Lipinski definition) is 19. The van der Waals surface area contributed by atoms with Crippen molar-refractivity contribution in [3.63, 3.8) is 0 Å². The largest absolute Gasteiger partial charge is 0.502 e. The molecule has 19 nitrogen and oxygen atoms in total. The molecule has 0 fully saturated rings. The monoisotopic (exact) mass is 1180 g/mol. The highest BCUT2D eigenvalue weighted by atomic mass is 35.5. The van der Waals surface area contributed by atoms with Crippen molar-refractivity contribution < 1.29 is 91.0 Å². The van der Waals surface area contributed by atoms with E-state index in [1.807, 2.05) is 0 Å². The van der Waals surface area contributed by atoms with E-state index in [2.05, 4.69) is 39.5 Å². The summed E-state index contributed by atoms with van der Waals surface area (Å²) in [4.78, 5) is 57.4. The molecule has 0 heterocycles. The zero-order valence-corrected chi connectivity index (χ0v) is 48.5. The zero-order valence-electron chi connectivity index (χ0n) is 47.8. The van der Waals surface area contributed by atoms with Gasteiger partial charge in [-0.15, -0.1) is 19.7 Å². The Kier molecular flexibility index (Phi) is 39.9. The van der Waals surface area contributed by atoms with Crippen molar-refractivity contribution in [3.8, 4) is 46.0 Å². The van der Waals surface area contributed by atoms with Crippen molar-refractivity contribution in [1.82, 2.24) is 0 Å². The second kappa shape index (κ2) is 47.3. The first-order valence-corrected chi connectivity index (χ1v) is 28.1. The van der Waals surface area contributed by atoms with E-state index < -0.39 is 11.9 Å². The summed E-state index contributed by atoms with van der Waals surface area (Å²) in [6.45, 7) is 26.9. The minimum atomic E-state index is -0.751. The summed E-state index contributed by atoms with van der Waals surface area (Å²) >= 11 is 6.61. The van der Waals surface area contributed by atoms with Crippen LogP contribution in [0, 0.1) is 0 Å². The van der Waals surface area contributed by atoms with Crippen LogP contribution in [-0.2, 0) is 53.1 Å². The van der Waals surface area contributed by atoms with Gasteiger partial charge in [-0.1, -0.05) is 49.6 Å². The minimum Gasteiger partial charge on any atom is -0.502 e. The van der Waals surface area contributed by atoms with E-state index in [4.69, 9.17) is 93.0 Å². The number of benzene rings is 3. The summed E-state index contributed by atoms with van der Waals surface area (Å²) in [5, 5.41) is 0.00613. The van der Waals surface area contributed by atoms with Gasteiger partial charge in [0.15, 0.2) is 23.0 Å². The van der Waals surface area contributed by atoms with Crippen molar-refractivity contribution >= 4 is 35.7 Å². The topological polar surface area (TPSA) is 191 Å². The molecule has 0 bridgehead atoms. The van der Waals surface area contributed by atoms with Gasteiger partial charge in [0.25, 0.3) is 0 Å². The molecule has 0 saturated heterocycles. The van der Waals surface area contributed by atoms with Gasteiger partial charge in [0.05, 0.1) is 103 Å². The molecule has 0 aliphatic heterocycles. The number of carbonyl (C=O) groups excluding carboxylic acids is 2. The molecule has 0 aliphatic rings. The molecule has 3 rings (SSSR count). The number of esters is 2. The van der Waals surface area contributed by atoms with Crippen LogP contribution in [0.4, 0.5) is 0 Å². The van der Waals surface area contributed by atoms with E-state index >= 15 is 0 Å². The van der Waals surface area contributed by atoms with Gasteiger partial charge in [-0.25, -0.2) is 38.9 Å². The molecule has 0 N–H and O–H groups in total. The fourth-order valence-corrected chi connectivity index (χ4v) is 7.05. The van der Waals surface area contributed by atoms with E-state index in [9.17, 15) is 9.59 Å². The average molecular weight is 1180 g/mol. The highest BCUT2D eigenvalue weighted by Gasteiger charge is 2.20. The quantitative estimate of drug-likeness (QED) is 0.00757. The van der Waals surface area contributed by atoms with Crippen molar-refractivity contribution in [2.45, 2.75) is 77.0 Å². The summed E-state index contributed by atoms with van der Waals surface area (Å²) in [5.41, 5.74) is 1.03. The summed E-state index contributed by atoms with van der Waals surface area (Å²) in [6.07, 6.45) is 22.6. The number of unbranched alkanes of at least 4 members (excludes halogenated alkanes) is 6. The van der Waals surface area contributed by atoms with Crippen LogP contribution in [0.3, 0.4) is 0 Å². The third kappa shape index (κ3) is 31.7. The van der Waals surface area contributed by atoms with Crippen molar-refractivity contribution in [2.24, 2.45) is 0 Å². The van der Waals surface area contributed by atoms with Gasteiger partial charge in [0, 0.05) is 29.3 Å². The van der Waals surface area contributed by atoms with Crippen LogP contribution < -0.4 is 37.9 Å². The standard InChI is InChI=1S/C63H83ClO19/c1-7-35-76-79-47-22-19-42-71-57-30-25-51(60(72-43-17-14-39-68-11-5)63(57)75-46-21-24-49-81-78-37-9-3)27-33-58(65)82-53-29-32-55(54(64)50-53)83-59(66)34-28-52-26-31-56(70-41-16-13-38-67-10-4)62(74-45-18-15-40-69-12-6)61(52)73-44-20-23-48-80-77-36-8-2/h7-12,25-34,50H,1-6,13-24,35-49H2/b33-27+,34-28+. The van der Waals surface area contributed by atoms with Gasteiger partial charge in [-0.05, 0) is 126 Å². The predicted octanol–water partition coefficient (Wildman–Crippen LogP) is 13.4. The molecule has 0 spiro atoms. The van der Waals surface area contributed by atoms with E-state index in [0.29, 0.717) is 183 Å². The van der Waals surface area contributed by atoms with Crippen molar-refractivity contribution in [1.29, 1.82) is 0 Å². The Balaban J connectivity index is 1.82. The molecule has 3 aromatic carbocycles. The van der Waals surface area contributed by atoms with E-state index in [1.165, 1.54) is 49.1 Å². The summed E-state index contributed by atoms with van der Waals surface area (Å²) in [5.74, 6) is 1.000. The third-order valence-electron chi connectivity index (χ3n) is 10.8. The van der Waals surface area contributed by atoms with Gasteiger partial charge in [0.2, 0.25) is 11.5 Å². The Morgan fingerprint density at radius 2 is 0.711 bits per heavy atom. The predicted molar refractivity (Wildman–Crippen MR) is 317 cm³/mol. The molecule has 0 saturated carbocycles. The molecule has 0 radical (unpaired) electrons. The second-order valence-electron chi connectivity index (χ2n) is 17.4. The van der Waals surface area contributed by atoms with Crippen LogP contribution in [0.5, 0.6) is 46.0 Å². The molecule has 0 amide bonds. The maximum Gasteiger partial charge on any atom is 0.336 e. The number of ether oxygens (including phenoxy) is 11. The Bertz CT molecular complexity index is 2400. The van der Waals surface area contributed by atoms with Crippen molar-refractivity contribution in [3.05, 3.63) is 147 Å². The van der Waals surface area contributed by atoms with Crippen molar-refractivity contribution in [2.75, 3.05) is 99.1 Å². The minimum absolute atomic E-state index is 0.00613. The lowest BCUT2D eigenvalue weighted by molar-refractivity contribution is -0.286. The Morgan fingerprint density at radius 1 is 0.373 bits per heavy atom. The maximum absolute atomic E-state index is 13.4. The average Bonchev–Trinajstić information content (AvgIpc) is 3.48. The van der Waals surface area contributed by atoms with Gasteiger partial charge < -0.3 is 52.1 Å².